The van der Waals surface area contributed by atoms with Gasteiger partial charge < -0.3 is 24.9 Å². The fourth-order valence-electron chi connectivity index (χ4n) is 1.85. The number of hydrogen-bond acceptors (Lipinski definition) is 5. The quantitative estimate of drug-likeness (QED) is 0.302. The average molecular weight is 443 g/mol. The van der Waals surface area contributed by atoms with Gasteiger partial charge in [-0.2, -0.15) is 0 Å². The maximum absolute atomic E-state index is 11.3. The monoisotopic (exact) mass is 442 g/mol. The fraction of sp³-hybridized carbons (Fsp3) is 0.773. The number of carbonyl (C=O) groups is 2. The van der Waals surface area contributed by atoms with Crippen LogP contribution in [0, 0.1) is 12.5 Å². The molecule has 1 atom stereocenters. The summed E-state index contributed by atoms with van der Waals surface area (Å²) in [7, 11) is 0. The van der Waals surface area contributed by atoms with Crippen LogP contribution >= 0.6 is 0 Å². The van der Waals surface area contributed by atoms with Crippen molar-refractivity contribution in [3.63, 3.8) is 0 Å². The number of amides is 1. The molecule has 0 aliphatic carbocycles. The predicted octanol–water partition coefficient (Wildman–Crippen LogP) is 2.14. The van der Waals surface area contributed by atoms with Crippen molar-refractivity contribution in [3.8, 4) is 0 Å². The summed E-state index contributed by atoms with van der Waals surface area (Å²) in [5, 5.41) is 5.80. The largest absolute Gasteiger partial charge is 1.00 e. The summed E-state index contributed by atoms with van der Waals surface area (Å²) in [5.74, 6) is 0.357. The first-order chi connectivity index (χ1) is 12.7. The molecule has 7 heteroatoms. The third kappa shape index (κ3) is 36.0. The zero-order chi connectivity index (χ0) is 21.7. The first-order valence-corrected chi connectivity index (χ1v) is 9.83. The Labute approximate surface area is 223 Å². The Morgan fingerprint density at radius 3 is 2.28 bits per heavy atom. The summed E-state index contributed by atoms with van der Waals surface area (Å²) in [4.78, 5) is 22.0. The van der Waals surface area contributed by atoms with Crippen LogP contribution in [0.15, 0.2) is 13.2 Å². The van der Waals surface area contributed by atoms with Crippen LogP contribution in [0.1, 0.15) is 75.2 Å². The number of hydrogen-bond donors (Lipinski definition) is 2. The van der Waals surface area contributed by atoms with Crippen molar-refractivity contribution in [3.05, 3.63) is 19.8 Å². The molecule has 0 aromatic carbocycles. The molecule has 1 aliphatic heterocycles. The number of aldehydes is 1. The molecule has 1 saturated heterocycles. The zero-order valence-electron chi connectivity index (χ0n) is 19.6. The molecule has 1 heterocycles. The minimum atomic E-state index is -0.541. The van der Waals surface area contributed by atoms with Crippen LogP contribution in [0.5, 0.6) is 0 Å². The van der Waals surface area contributed by atoms with E-state index in [1.807, 2.05) is 34.3 Å². The van der Waals surface area contributed by atoms with Crippen LogP contribution in [0.2, 0.25) is 0 Å². The Morgan fingerprint density at radius 2 is 1.83 bits per heavy atom. The molecule has 2 N–H and O–H groups in total. The first-order valence-electron chi connectivity index (χ1n) is 9.83. The summed E-state index contributed by atoms with van der Waals surface area (Å²) in [6, 6.07) is -0.458. The number of alkyl carbamates (subject to hydrolysis) is 1. The molecule has 1 amide bonds. The van der Waals surface area contributed by atoms with Crippen LogP contribution < -0.4 is 62.0 Å². The third-order valence-corrected chi connectivity index (χ3v) is 2.76. The van der Waals surface area contributed by atoms with E-state index in [0.717, 1.165) is 38.8 Å². The van der Waals surface area contributed by atoms with Crippen molar-refractivity contribution in [2.24, 2.45) is 5.92 Å². The summed E-state index contributed by atoms with van der Waals surface area (Å²) < 4.78 is 10.2. The van der Waals surface area contributed by atoms with Gasteiger partial charge in [-0.25, -0.2) is 11.4 Å². The van der Waals surface area contributed by atoms with E-state index in [0.29, 0.717) is 12.3 Å². The molecule has 0 aromatic rings. The predicted molar refractivity (Wildman–Crippen MR) is 120 cm³/mol. The maximum atomic E-state index is 11.3. The molecule has 0 bridgehead atoms. The van der Waals surface area contributed by atoms with E-state index in [4.69, 9.17) is 9.47 Å². The fourth-order valence-corrected chi connectivity index (χ4v) is 1.85. The van der Waals surface area contributed by atoms with Gasteiger partial charge in [0.15, 0.2) is 0 Å². The molecule has 1 fully saturated rings. The summed E-state index contributed by atoms with van der Waals surface area (Å²) >= 11 is 0. The van der Waals surface area contributed by atoms with E-state index in [2.05, 4.69) is 23.8 Å². The van der Waals surface area contributed by atoms with Crippen molar-refractivity contribution in [2.75, 3.05) is 19.7 Å². The normalized spacial score (nSPS) is 13.9. The van der Waals surface area contributed by atoms with Gasteiger partial charge in [0.1, 0.15) is 11.9 Å². The van der Waals surface area contributed by atoms with E-state index < -0.39 is 17.7 Å². The molecular formula is C22H47KN2O4. The minimum absolute atomic E-state index is 0. The minimum Gasteiger partial charge on any atom is -0.552 e. The number of ether oxygens (including phenoxy) is 2. The summed E-state index contributed by atoms with van der Waals surface area (Å²) in [6.45, 7) is 24.3. The van der Waals surface area contributed by atoms with Gasteiger partial charge in [0.05, 0.1) is 6.04 Å². The second-order valence-electron chi connectivity index (χ2n) is 6.95. The summed E-state index contributed by atoms with van der Waals surface area (Å²) in [6.07, 6.45) is 3.00. The van der Waals surface area contributed by atoms with E-state index in [1.54, 1.807) is 20.8 Å². The Morgan fingerprint density at radius 1 is 1.28 bits per heavy atom. The molecule has 1 aliphatic rings. The van der Waals surface area contributed by atoms with Gasteiger partial charge in [-0.05, 0) is 52.6 Å². The van der Waals surface area contributed by atoms with Crippen LogP contribution in [-0.4, -0.2) is 43.7 Å². The van der Waals surface area contributed by atoms with Gasteiger partial charge in [0.25, 0.3) is 0 Å². The SMILES string of the molecule is C.C=C.CC.CC(C)C[C@@H](C=O)NC(=O)OC(C)(C)C.[CH-]1CCNCCCO1.[K+]. The standard InChI is InChI=1S/C11H21NO3.C6H12NO.C2H6.C2H4.CH4.K/c1-8(2)6-9(7-13)12-10(14)15-11(3,4)5;1-3-7-4-2-6-8-5-1;2*1-2;;/h7-9H,6H2,1-5H3,(H,12,14);5,7H,1-4,6H2;1-2H3;1-2H2;1H4;/q;-1;;;;+1/t9-;;;;;/m0...../s1. The van der Waals surface area contributed by atoms with Crippen LogP contribution in [0.4, 0.5) is 4.79 Å². The van der Waals surface area contributed by atoms with Crippen LogP contribution in [0.3, 0.4) is 0 Å². The molecule has 0 unspecified atom stereocenters. The molecule has 170 valence electrons. The molecule has 0 spiro atoms. The molecular weight excluding hydrogens is 395 g/mol. The van der Waals surface area contributed by atoms with Crippen molar-refractivity contribution in [1.29, 1.82) is 0 Å². The molecule has 0 saturated carbocycles. The Kier molecular flexibility index (Phi) is 38.6. The number of rotatable bonds is 4. The molecule has 0 radical (unpaired) electrons. The van der Waals surface area contributed by atoms with Gasteiger partial charge in [0.2, 0.25) is 0 Å². The first kappa shape index (κ1) is 39.7. The second-order valence-corrected chi connectivity index (χ2v) is 6.95. The van der Waals surface area contributed by atoms with E-state index in [-0.39, 0.29) is 58.8 Å². The van der Waals surface area contributed by atoms with Gasteiger partial charge in [-0.1, -0.05) is 35.1 Å². The third-order valence-electron chi connectivity index (χ3n) is 2.76. The summed E-state index contributed by atoms with van der Waals surface area (Å²) in [5.41, 5.74) is -0.532. The van der Waals surface area contributed by atoms with Gasteiger partial charge in [-0.15, -0.1) is 19.6 Å². The Bertz CT molecular complexity index is 324. The maximum Gasteiger partial charge on any atom is 1.00 e. The second kappa shape index (κ2) is 28.2. The molecule has 0 aromatic heterocycles. The number of nitrogens with one attached hydrogen (secondary N) is 2. The van der Waals surface area contributed by atoms with Crippen molar-refractivity contribution < 1.29 is 70.4 Å². The average Bonchev–Trinajstić information content (AvgIpc) is 2.55. The smallest absolute Gasteiger partial charge is 0.552 e. The van der Waals surface area contributed by atoms with E-state index in [1.165, 1.54) is 0 Å². The van der Waals surface area contributed by atoms with E-state index >= 15 is 0 Å². The molecule has 29 heavy (non-hydrogen) atoms. The topological polar surface area (TPSA) is 76.7 Å². The van der Waals surface area contributed by atoms with Crippen LogP contribution in [0.25, 0.3) is 0 Å². The van der Waals surface area contributed by atoms with Crippen molar-refractivity contribution in [2.45, 2.75) is 86.8 Å². The van der Waals surface area contributed by atoms with Crippen LogP contribution in [-0.2, 0) is 14.3 Å². The Hall–Kier alpha value is 0.236. The Balaban J connectivity index is -0.000000116. The van der Waals surface area contributed by atoms with Gasteiger partial charge in [0, 0.05) is 6.61 Å². The van der Waals surface area contributed by atoms with Crippen molar-refractivity contribution in [1.82, 2.24) is 10.6 Å². The van der Waals surface area contributed by atoms with Gasteiger partial charge in [-0.3, -0.25) is 0 Å². The number of carbonyl (C=O) groups excluding carboxylic acids is 2. The van der Waals surface area contributed by atoms with E-state index in [9.17, 15) is 9.59 Å². The van der Waals surface area contributed by atoms with Gasteiger partial charge >= 0.3 is 57.5 Å². The molecule has 1 rings (SSSR count). The molecule has 6 nitrogen and oxygen atoms in total. The zero-order valence-corrected chi connectivity index (χ0v) is 22.7. The van der Waals surface area contributed by atoms with Crippen molar-refractivity contribution >= 4 is 12.4 Å².